The van der Waals surface area contributed by atoms with E-state index in [0.717, 1.165) is 35.6 Å². The first-order valence-electron chi connectivity index (χ1n) is 6.99. The topological polar surface area (TPSA) is 37.6 Å². The maximum Gasteiger partial charge on any atom is 0.0820 e. The normalized spacial score (nSPS) is 15.7. The van der Waals surface area contributed by atoms with Gasteiger partial charge in [-0.3, -0.25) is 9.98 Å². The molecule has 21 heavy (non-hydrogen) atoms. The van der Waals surface area contributed by atoms with Gasteiger partial charge in [-0.05, 0) is 44.1 Å². The highest BCUT2D eigenvalue weighted by atomic mass is 14.8. The van der Waals surface area contributed by atoms with E-state index >= 15 is 0 Å². The third kappa shape index (κ3) is 5.15. The molecule has 0 saturated heterocycles. The van der Waals surface area contributed by atoms with E-state index in [4.69, 9.17) is 0 Å². The number of rotatable bonds is 5. The number of pyridine rings is 1. The second-order valence-corrected chi connectivity index (χ2v) is 4.66. The Balaban J connectivity index is 2.09. The lowest BCUT2D eigenvalue weighted by atomic mass is 10.1. The van der Waals surface area contributed by atoms with Crippen molar-refractivity contribution in [2.75, 3.05) is 0 Å². The Hall–Kier alpha value is -2.55. The average molecular weight is 277 g/mol. The number of allylic oxidation sites excluding steroid dienone is 6. The van der Waals surface area contributed by atoms with Crippen LogP contribution in [0, 0.1) is 0 Å². The molecule has 1 aromatic heterocycles. The molecule has 1 aliphatic carbocycles. The second-order valence-electron chi connectivity index (χ2n) is 4.66. The van der Waals surface area contributed by atoms with Crippen molar-refractivity contribution in [2.24, 2.45) is 9.98 Å². The van der Waals surface area contributed by atoms with Crippen molar-refractivity contribution in [3.63, 3.8) is 0 Å². The molecule has 0 N–H and O–H groups in total. The van der Waals surface area contributed by atoms with E-state index in [1.54, 1.807) is 18.5 Å². The van der Waals surface area contributed by atoms with Crippen LogP contribution in [0.5, 0.6) is 0 Å². The molecule has 2 rings (SSSR count). The van der Waals surface area contributed by atoms with Crippen LogP contribution < -0.4 is 0 Å². The third-order valence-electron chi connectivity index (χ3n) is 2.87. The molecular formula is C18H19N3. The van der Waals surface area contributed by atoms with Crippen LogP contribution in [-0.4, -0.2) is 17.4 Å². The van der Waals surface area contributed by atoms with Crippen LogP contribution in [0.1, 0.15) is 31.2 Å². The van der Waals surface area contributed by atoms with Crippen LogP contribution in [0.25, 0.3) is 0 Å². The minimum absolute atomic E-state index is 0.809. The fraction of sp³-hybridized carbons (Fsp3) is 0.167. The van der Waals surface area contributed by atoms with E-state index in [1.807, 2.05) is 37.3 Å². The SMILES string of the molecule is C=C/C=C(\C)N=Cc1cccc(C=NC2=CCCC=C2)n1. The van der Waals surface area contributed by atoms with Gasteiger partial charge < -0.3 is 0 Å². The Bertz CT molecular complexity index is 646. The monoisotopic (exact) mass is 277 g/mol. The summed E-state index contributed by atoms with van der Waals surface area (Å²) in [6.45, 7) is 5.57. The molecule has 3 nitrogen and oxygen atoms in total. The number of aromatic nitrogens is 1. The van der Waals surface area contributed by atoms with E-state index in [0.29, 0.717) is 0 Å². The predicted molar refractivity (Wildman–Crippen MR) is 89.8 cm³/mol. The van der Waals surface area contributed by atoms with Crippen LogP contribution in [0.4, 0.5) is 0 Å². The Morgan fingerprint density at radius 1 is 1.24 bits per heavy atom. The van der Waals surface area contributed by atoms with Crippen molar-refractivity contribution in [3.8, 4) is 0 Å². The molecule has 0 bridgehead atoms. The minimum atomic E-state index is 0.809. The largest absolute Gasteiger partial charge is 0.259 e. The summed E-state index contributed by atoms with van der Waals surface area (Å²) in [6.07, 6.45) is 15.5. The standard InChI is InChI=1S/C18H19N3/c1-3-8-15(2)19-13-17-11-7-12-18(21-17)14-20-16-9-5-4-6-10-16/h3,5,7-14H,1,4,6H2,2H3/b15-8+,19-13?,20-14?. The lowest BCUT2D eigenvalue weighted by Crippen LogP contribution is -1.94. The van der Waals surface area contributed by atoms with Gasteiger partial charge in [0.25, 0.3) is 0 Å². The van der Waals surface area contributed by atoms with Gasteiger partial charge in [0.2, 0.25) is 0 Å². The molecule has 0 saturated carbocycles. The Morgan fingerprint density at radius 2 is 2.05 bits per heavy atom. The molecule has 0 radical (unpaired) electrons. The Kier molecular flexibility index (Phi) is 5.59. The summed E-state index contributed by atoms with van der Waals surface area (Å²) in [5.74, 6) is 0. The van der Waals surface area contributed by atoms with Crippen LogP contribution in [-0.2, 0) is 0 Å². The summed E-state index contributed by atoms with van der Waals surface area (Å²) in [6, 6.07) is 5.80. The van der Waals surface area contributed by atoms with Gasteiger partial charge in [-0.1, -0.05) is 30.9 Å². The van der Waals surface area contributed by atoms with Gasteiger partial charge in [0.15, 0.2) is 0 Å². The van der Waals surface area contributed by atoms with Crippen molar-refractivity contribution in [1.29, 1.82) is 0 Å². The molecule has 3 heteroatoms. The average Bonchev–Trinajstić information content (AvgIpc) is 2.53. The molecule has 0 aliphatic heterocycles. The van der Waals surface area contributed by atoms with Crippen molar-refractivity contribution >= 4 is 12.4 Å². The zero-order chi connectivity index (χ0) is 14.9. The molecule has 0 spiro atoms. The molecule has 0 unspecified atom stereocenters. The molecule has 0 aromatic carbocycles. The van der Waals surface area contributed by atoms with E-state index in [1.165, 1.54) is 0 Å². The highest BCUT2D eigenvalue weighted by Crippen LogP contribution is 2.10. The second kappa shape index (κ2) is 7.90. The quantitative estimate of drug-likeness (QED) is 0.586. The van der Waals surface area contributed by atoms with Gasteiger partial charge in [-0.2, -0.15) is 0 Å². The van der Waals surface area contributed by atoms with E-state index in [2.05, 4.69) is 33.7 Å². The molecule has 0 atom stereocenters. The molecule has 1 aromatic rings. The molecule has 0 amide bonds. The number of nitrogens with zero attached hydrogens (tertiary/aromatic N) is 3. The van der Waals surface area contributed by atoms with Crippen molar-refractivity contribution in [3.05, 3.63) is 77.9 Å². The highest BCUT2D eigenvalue weighted by molar-refractivity contribution is 5.82. The maximum atomic E-state index is 4.49. The smallest absolute Gasteiger partial charge is 0.0820 e. The number of aliphatic imine (C=N–C) groups is 2. The summed E-state index contributed by atoms with van der Waals surface area (Å²) in [7, 11) is 0. The summed E-state index contributed by atoms with van der Waals surface area (Å²) in [5, 5.41) is 0. The van der Waals surface area contributed by atoms with Gasteiger partial charge in [0, 0.05) is 5.70 Å². The van der Waals surface area contributed by atoms with Gasteiger partial charge in [-0.15, -0.1) is 0 Å². The first kappa shape index (κ1) is 14.9. The lowest BCUT2D eigenvalue weighted by molar-refractivity contribution is 1.01. The summed E-state index contributed by atoms with van der Waals surface area (Å²) in [5.41, 5.74) is 3.52. The molecule has 106 valence electrons. The first-order valence-corrected chi connectivity index (χ1v) is 6.99. The molecule has 0 fully saturated rings. The van der Waals surface area contributed by atoms with Crippen LogP contribution in [0.2, 0.25) is 0 Å². The maximum absolute atomic E-state index is 4.49. The first-order chi connectivity index (χ1) is 10.3. The van der Waals surface area contributed by atoms with Crippen LogP contribution in [0.15, 0.2) is 76.5 Å². The number of hydrogen-bond donors (Lipinski definition) is 0. The predicted octanol–water partition coefficient (Wildman–Crippen LogP) is 4.24. The summed E-state index contributed by atoms with van der Waals surface area (Å²) < 4.78 is 0. The fourth-order valence-electron chi connectivity index (χ4n) is 1.83. The zero-order valence-corrected chi connectivity index (χ0v) is 12.2. The fourth-order valence-corrected chi connectivity index (χ4v) is 1.83. The van der Waals surface area contributed by atoms with E-state index in [9.17, 15) is 0 Å². The van der Waals surface area contributed by atoms with Gasteiger partial charge in [0.05, 0.1) is 29.5 Å². The zero-order valence-electron chi connectivity index (χ0n) is 12.2. The lowest BCUT2D eigenvalue weighted by Gasteiger charge is -2.00. The van der Waals surface area contributed by atoms with Gasteiger partial charge in [-0.25, -0.2) is 4.98 Å². The van der Waals surface area contributed by atoms with E-state index in [-0.39, 0.29) is 0 Å². The van der Waals surface area contributed by atoms with Crippen LogP contribution in [0.3, 0.4) is 0 Å². The molecular weight excluding hydrogens is 258 g/mol. The van der Waals surface area contributed by atoms with Crippen molar-refractivity contribution in [1.82, 2.24) is 4.98 Å². The summed E-state index contributed by atoms with van der Waals surface area (Å²) >= 11 is 0. The Morgan fingerprint density at radius 3 is 2.76 bits per heavy atom. The van der Waals surface area contributed by atoms with E-state index < -0.39 is 0 Å². The number of hydrogen-bond acceptors (Lipinski definition) is 3. The summed E-state index contributed by atoms with van der Waals surface area (Å²) in [4.78, 5) is 13.2. The van der Waals surface area contributed by atoms with Crippen molar-refractivity contribution in [2.45, 2.75) is 19.8 Å². The highest BCUT2D eigenvalue weighted by Gasteiger charge is 1.96. The molecule has 1 aliphatic rings. The van der Waals surface area contributed by atoms with Crippen LogP contribution >= 0.6 is 0 Å². The Labute approximate surface area is 125 Å². The van der Waals surface area contributed by atoms with Crippen molar-refractivity contribution < 1.29 is 0 Å². The van der Waals surface area contributed by atoms with Gasteiger partial charge in [0.1, 0.15) is 0 Å². The minimum Gasteiger partial charge on any atom is -0.259 e. The molecule has 1 heterocycles. The third-order valence-corrected chi connectivity index (χ3v) is 2.87. The van der Waals surface area contributed by atoms with Gasteiger partial charge >= 0.3 is 0 Å².